The van der Waals surface area contributed by atoms with Gasteiger partial charge in [-0.15, -0.1) is 11.8 Å². The van der Waals surface area contributed by atoms with Gasteiger partial charge in [0, 0.05) is 28.8 Å². The SMILES string of the molecule is Nc1nc(C2CC(NC(=O)CSCc3ccccc3Cl)C2)cc(=O)[nH]1. The molecule has 0 bridgehead atoms. The maximum absolute atomic E-state index is 12.0. The van der Waals surface area contributed by atoms with Gasteiger partial charge in [-0.3, -0.25) is 14.6 Å². The zero-order valence-corrected chi connectivity index (χ0v) is 15.1. The minimum absolute atomic E-state index is 0.0129. The minimum Gasteiger partial charge on any atom is -0.369 e. The van der Waals surface area contributed by atoms with Crippen LogP contribution in [0, 0.1) is 0 Å². The molecule has 1 aliphatic carbocycles. The molecule has 0 atom stereocenters. The molecule has 3 rings (SSSR count). The number of rotatable bonds is 6. The maximum Gasteiger partial charge on any atom is 0.252 e. The van der Waals surface area contributed by atoms with E-state index in [4.69, 9.17) is 17.3 Å². The van der Waals surface area contributed by atoms with Crippen molar-refractivity contribution >= 4 is 35.2 Å². The smallest absolute Gasteiger partial charge is 0.252 e. The summed E-state index contributed by atoms with van der Waals surface area (Å²) in [5.74, 6) is 1.41. The topological polar surface area (TPSA) is 101 Å². The van der Waals surface area contributed by atoms with Gasteiger partial charge >= 0.3 is 0 Å². The summed E-state index contributed by atoms with van der Waals surface area (Å²) in [6, 6.07) is 9.23. The second kappa shape index (κ2) is 7.93. The van der Waals surface area contributed by atoms with Crippen LogP contribution in [0.25, 0.3) is 0 Å². The highest BCUT2D eigenvalue weighted by Gasteiger charge is 2.32. The molecule has 4 N–H and O–H groups in total. The van der Waals surface area contributed by atoms with E-state index in [0.717, 1.165) is 23.4 Å². The van der Waals surface area contributed by atoms with E-state index in [1.54, 1.807) is 0 Å². The van der Waals surface area contributed by atoms with Gasteiger partial charge in [-0.25, -0.2) is 4.98 Å². The van der Waals surface area contributed by atoms with Gasteiger partial charge in [-0.05, 0) is 24.5 Å². The fourth-order valence-corrected chi connectivity index (χ4v) is 3.94. The number of H-pyrrole nitrogens is 1. The summed E-state index contributed by atoms with van der Waals surface area (Å²) in [5.41, 5.74) is 7.04. The highest BCUT2D eigenvalue weighted by Crippen LogP contribution is 2.35. The van der Waals surface area contributed by atoms with E-state index >= 15 is 0 Å². The molecule has 1 aromatic carbocycles. The number of amides is 1. The second-order valence-corrected chi connectivity index (χ2v) is 7.47. The van der Waals surface area contributed by atoms with Crippen LogP contribution in [-0.2, 0) is 10.5 Å². The van der Waals surface area contributed by atoms with Gasteiger partial charge in [0.15, 0.2) is 0 Å². The maximum atomic E-state index is 12.0. The first kappa shape index (κ1) is 17.8. The number of nitrogens with one attached hydrogen (secondary N) is 2. The van der Waals surface area contributed by atoms with E-state index in [2.05, 4.69) is 15.3 Å². The quantitative estimate of drug-likeness (QED) is 0.716. The lowest BCUT2D eigenvalue weighted by molar-refractivity contribution is -0.119. The first-order valence-corrected chi connectivity index (χ1v) is 9.52. The number of aromatic amines is 1. The van der Waals surface area contributed by atoms with Crippen molar-refractivity contribution in [3.05, 3.63) is 57.0 Å². The number of nitrogens with two attached hydrogens (primary N) is 1. The van der Waals surface area contributed by atoms with Gasteiger partial charge in [-0.2, -0.15) is 0 Å². The molecule has 1 heterocycles. The molecule has 0 spiro atoms. The van der Waals surface area contributed by atoms with Crippen molar-refractivity contribution in [2.24, 2.45) is 0 Å². The van der Waals surface area contributed by atoms with Gasteiger partial charge in [0.05, 0.1) is 11.4 Å². The molecule has 0 radical (unpaired) electrons. The highest BCUT2D eigenvalue weighted by atomic mass is 35.5. The minimum atomic E-state index is -0.244. The molecule has 132 valence electrons. The Hall–Kier alpha value is -1.99. The molecular formula is C17H19ClN4O2S. The van der Waals surface area contributed by atoms with Gasteiger partial charge in [-0.1, -0.05) is 29.8 Å². The molecule has 1 fully saturated rings. The van der Waals surface area contributed by atoms with E-state index in [1.807, 2.05) is 24.3 Å². The summed E-state index contributed by atoms with van der Waals surface area (Å²) in [5, 5.41) is 3.73. The van der Waals surface area contributed by atoms with Crippen LogP contribution in [0.15, 0.2) is 35.1 Å². The molecular weight excluding hydrogens is 360 g/mol. The van der Waals surface area contributed by atoms with Gasteiger partial charge in [0.1, 0.15) is 0 Å². The normalized spacial score (nSPS) is 19.2. The summed E-state index contributed by atoms with van der Waals surface area (Å²) in [6.07, 6.45) is 1.55. The number of hydrogen-bond donors (Lipinski definition) is 3. The molecule has 1 saturated carbocycles. The Morgan fingerprint density at radius 3 is 2.88 bits per heavy atom. The Kier molecular flexibility index (Phi) is 5.65. The average Bonchev–Trinajstić information content (AvgIpc) is 2.51. The summed E-state index contributed by atoms with van der Waals surface area (Å²) >= 11 is 7.63. The Bertz CT molecular complexity index is 820. The summed E-state index contributed by atoms with van der Waals surface area (Å²) in [6.45, 7) is 0. The zero-order valence-electron chi connectivity index (χ0n) is 13.5. The van der Waals surface area contributed by atoms with Gasteiger partial charge in [0.2, 0.25) is 11.9 Å². The van der Waals surface area contributed by atoms with Crippen LogP contribution in [-0.4, -0.2) is 27.7 Å². The van der Waals surface area contributed by atoms with Crippen molar-refractivity contribution in [3.8, 4) is 0 Å². The Morgan fingerprint density at radius 2 is 2.16 bits per heavy atom. The molecule has 8 heteroatoms. The number of nitrogen functional groups attached to an aromatic ring is 1. The largest absolute Gasteiger partial charge is 0.369 e. The predicted octanol–water partition coefficient (Wildman–Crippen LogP) is 2.30. The Balaban J connectivity index is 1.40. The van der Waals surface area contributed by atoms with Gasteiger partial charge in [0.25, 0.3) is 5.56 Å². The number of anilines is 1. The predicted molar refractivity (Wildman–Crippen MR) is 101 cm³/mol. The van der Waals surface area contributed by atoms with E-state index in [0.29, 0.717) is 17.2 Å². The number of carbonyl (C=O) groups excluding carboxylic acids is 1. The molecule has 6 nitrogen and oxygen atoms in total. The fourth-order valence-electron chi connectivity index (χ4n) is 2.82. The van der Waals surface area contributed by atoms with Crippen molar-refractivity contribution in [2.75, 3.05) is 11.5 Å². The molecule has 0 aliphatic heterocycles. The van der Waals surface area contributed by atoms with Crippen LogP contribution in [0.4, 0.5) is 5.95 Å². The molecule has 0 unspecified atom stereocenters. The van der Waals surface area contributed by atoms with E-state index in [-0.39, 0.29) is 29.4 Å². The van der Waals surface area contributed by atoms with Crippen molar-refractivity contribution in [1.82, 2.24) is 15.3 Å². The summed E-state index contributed by atoms with van der Waals surface area (Å²) in [7, 11) is 0. The van der Waals surface area contributed by atoms with Crippen LogP contribution in [0.1, 0.15) is 30.0 Å². The summed E-state index contributed by atoms with van der Waals surface area (Å²) in [4.78, 5) is 30.0. The van der Waals surface area contributed by atoms with Crippen LogP contribution in [0.5, 0.6) is 0 Å². The number of hydrogen-bond acceptors (Lipinski definition) is 5. The lowest BCUT2D eigenvalue weighted by Crippen LogP contribution is -2.44. The Labute approximate surface area is 154 Å². The summed E-state index contributed by atoms with van der Waals surface area (Å²) < 4.78 is 0. The Morgan fingerprint density at radius 1 is 1.40 bits per heavy atom. The number of thioether (sulfide) groups is 1. The van der Waals surface area contributed by atoms with Crippen LogP contribution in [0.2, 0.25) is 5.02 Å². The van der Waals surface area contributed by atoms with E-state index < -0.39 is 0 Å². The second-order valence-electron chi connectivity index (χ2n) is 6.07. The number of nitrogens with zero attached hydrogens (tertiary/aromatic N) is 1. The van der Waals surface area contributed by atoms with Crippen LogP contribution < -0.4 is 16.6 Å². The van der Waals surface area contributed by atoms with E-state index in [9.17, 15) is 9.59 Å². The van der Waals surface area contributed by atoms with Crippen LogP contribution in [0.3, 0.4) is 0 Å². The third kappa shape index (κ3) is 4.76. The lowest BCUT2D eigenvalue weighted by Gasteiger charge is -2.35. The van der Waals surface area contributed by atoms with Gasteiger partial charge < -0.3 is 11.1 Å². The standard InChI is InChI=1S/C17H19ClN4O2S/c18-13-4-2-1-3-10(13)8-25-9-16(24)20-12-5-11(6-12)14-7-15(23)22-17(19)21-14/h1-4,7,11-12H,5-6,8-9H2,(H,20,24)(H3,19,21,22,23). The molecule has 1 aliphatic rings. The van der Waals surface area contributed by atoms with Crippen molar-refractivity contribution < 1.29 is 4.79 Å². The van der Waals surface area contributed by atoms with Crippen LogP contribution >= 0.6 is 23.4 Å². The third-order valence-corrected chi connectivity index (χ3v) is 5.50. The zero-order chi connectivity index (χ0) is 17.8. The molecule has 0 saturated heterocycles. The third-order valence-electron chi connectivity index (χ3n) is 4.15. The average molecular weight is 379 g/mol. The highest BCUT2D eigenvalue weighted by molar-refractivity contribution is 7.99. The van der Waals surface area contributed by atoms with Crippen molar-refractivity contribution in [1.29, 1.82) is 0 Å². The fraction of sp³-hybridized carbons (Fsp3) is 0.353. The molecule has 25 heavy (non-hydrogen) atoms. The number of benzene rings is 1. The van der Waals surface area contributed by atoms with E-state index in [1.165, 1.54) is 17.8 Å². The molecule has 1 aromatic heterocycles. The lowest BCUT2D eigenvalue weighted by atomic mass is 9.78. The van der Waals surface area contributed by atoms with Crippen molar-refractivity contribution in [2.45, 2.75) is 30.6 Å². The number of carbonyl (C=O) groups is 1. The first-order valence-electron chi connectivity index (χ1n) is 7.98. The number of halogens is 1. The number of aromatic nitrogens is 2. The molecule has 1 amide bonds. The van der Waals surface area contributed by atoms with Crippen molar-refractivity contribution in [3.63, 3.8) is 0 Å². The monoisotopic (exact) mass is 378 g/mol. The first-order chi connectivity index (χ1) is 12.0. The molecule has 2 aromatic rings.